The number of fused-ring (bicyclic) bond motifs is 1. The largest absolute Gasteiger partial charge is 0.465 e. The Morgan fingerprint density at radius 3 is 2.41 bits per heavy atom. The van der Waals surface area contributed by atoms with Gasteiger partial charge in [0, 0.05) is 18.5 Å². The zero-order valence-electron chi connectivity index (χ0n) is 22.7. The standard InChI is InChI=1S/C31H29N3O5S2/c1-3-4-14-29-32-30-27(19-28(40-30)31(36)39-2)33(29)20-22-15-17-23(18-16-22)25-12-8-9-13-26(25)34(21-35)41(37,38)24-10-6-5-7-11-24/h5-13,15-19,21H,3-4,14,20H2,1-2H3. The summed E-state index contributed by atoms with van der Waals surface area (Å²) in [6, 6.07) is 24.4. The molecule has 8 nitrogen and oxygen atoms in total. The number of amides is 1. The Morgan fingerprint density at radius 1 is 1.02 bits per heavy atom. The van der Waals surface area contributed by atoms with E-state index in [4.69, 9.17) is 9.72 Å². The predicted octanol–water partition coefficient (Wildman–Crippen LogP) is 6.29. The molecule has 2 heterocycles. The van der Waals surface area contributed by atoms with Gasteiger partial charge in [-0.25, -0.2) is 22.5 Å². The summed E-state index contributed by atoms with van der Waals surface area (Å²) in [5, 5.41) is 0. The Hall–Kier alpha value is -4.28. The first-order valence-corrected chi connectivity index (χ1v) is 15.4. The van der Waals surface area contributed by atoms with Crippen molar-refractivity contribution in [2.24, 2.45) is 0 Å². The number of methoxy groups -OCH3 is 1. The fourth-order valence-corrected chi connectivity index (χ4v) is 6.93. The van der Waals surface area contributed by atoms with Crippen molar-refractivity contribution >= 4 is 49.8 Å². The van der Waals surface area contributed by atoms with Gasteiger partial charge in [0.1, 0.15) is 15.5 Å². The number of thiophene rings is 1. The second-order valence-electron chi connectivity index (χ2n) is 9.44. The number of nitrogens with zero attached hydrogens (tertiary/aromatic N) is 3. The molecule has 5 rings (SSSR count). The van der Waals surface area contributed by atoms with Crippen molar-refractivity contribution in [3.63, 3.8) is 0 Å². The summed E-state index contributed by atoms with van der Waals surface area (Å²) in [6.45, 7) is 2.69. The van der Waals surface area contributed by atoms with Crippen LogP contribution >= 0.6 is 11.3 Å². The minimum atomic E-state index is -4.09. The van der Waals surface area contributed by atoms with Crippen molar-refractivity contribution in [1.82, 2.24) is 9.55 Å². The zero-order chi connectivity index (χ0) is 29.0. The van der Waals surface area contributed by atoms with Gasteiger partial charge in [0.2, 0.25) is 6.41 Å². The molecule has 0 radical (unpaired) electrons. The summed E-state index contributed by atoms with van der Waals surface area (Å²) in [6.07, 6.45) is 3.21. The molecule has 0 aliphatic rings. The quantitative estimate of drug-likeness (QED) is 0.133. The molecular weight excluding hydrogens is 558 g/mol. The Balaban J connectivity index is 1.48. The van der Waals surface area contributed by atoms with Crippen molar-refractivity contribution in [3.8, 4) is 11.1 Å². The van der Waals surface area contributed by atoms with Gasteiger partial charge in [0.05, 0.1) is 23.2 Å². The van der Waals surface area contributed by atoms with Crippen molar-refractivity contribution in [3.05, 3.63) is 101 Å². The molecule has 3 aromatic carbocycles. The first-order chi connectivity index (χ1) is 19.9. The normalized spacial score (nSPS) is 11.5. The number of imidazole rings is 1. The van der Waals surface area contributed by atoms with E-state index in [1.54, 1.807) is 36.4 Å². The van der Waals surface area contributed by atoms with Gasteiger partial charge in [-0.15, -0.1) is 11.3 Å². The summed E-state index contributed by atoms with van der Waals surface area (Å²) < 4.78 is 34.4. The second kappa shape index (κ2) is 12.1. The molecule has 2 aromatic heterocycles. The first kappa shape index (κ1) is 28.3. The molecule has 210 valence electrons. The van der Waals surface area contributed by atoms with Crippen LogP contribution in [0.3, 0.4) is 0 Å². The highest BCUT2D eigenvalue weighted by Gasteiger charge is 2.26. The number of hydrogen-bond acceptors (Lipinski definition) is 7. The number of benzene rings is 3. The molecule has 5 aromatic rings. The molecule has 0 unspecified atom stereocenters. The molecule has 0 N–H and O–H groups in total. The van der Waals surface area contributed by atoms with Gasteiger partial charge in [-0.3, -0.25) is 4.79 Å². The van der Waals surface area contributed by atoms with Gasteiger partial charge in [-0.2, -0.15) is 0 Å². The smallest absolute Gasteiger partial charge is 0.348 e. The predicted molar refractivity (Wildman–Crippen MR) is 161 cm³/mol. The van der Waals surface area contributed by atoms with Gasteiger partial charge in [0.25, 0.3) is 10.0 Å². The van der Waals surface area contributed by atoms with Crippen LogP contribution in [0, 0.1) is 0 Å². The summed E-state index contributed by atoms with van der Waals surface area (Å²) in [4.78, 5) is 30.4. The van der Waals surface area contributed by atoms with Gasteiger partial charge in [-0.1, -0.05) is 74.0 Å². The van der Waals surface area contributed by atoms with Crippen LogP contribution in [0.25, 0.3) is 21.5 Å². The van der Waals surface area contributed by atoms with E-state index in [-0.39, 0.29) is 16.6 Å². The van der Waals surface area contributed by atoms with E-state index in [2.05, 4.69) is 11.5 Å². The molecular formula is C31H29N3O5S2. The van der Waals surface area contributed by atoms with Crippen LogP contribution in [0.1, 0.15) is 40.8 Å². The highest BCUT2D eigenvalue weighted by Crippen LogP contribution is 2.34. The molecule has 1 amide bonds. The number of aryl methyl sites for hydroxylation is 1. The molecule has 0 bridgehead atoms. The van der Waals surface area contributed by atoms with Crippen LogP contribution in [0.2, 0.25) is 0 Å². The third kappa shape index (κ3) is 5.66. The monoisotopic (exact) mass is 587 g/mol. The lowest BCUT2D eigenvalue weighted by Gasteiger charge is -2.21. The fourth-order valence-electron chi connectivity index (χ4n) is 4.70. The maximum absolute atomic E-state index is 13.3. The van der Waals surface area contributed by atoms with E-state index in [1.807, 2.05) is 36.4 Å². The Bertz CT molecular complexity index is 1790. The minimum absolute atomic E-state index is 0.0339. The molecule has 0 fully saturated rings. The van der Waals surface area contributed by atoms with E-state index in [1.165, 1.54) is 30.6 Å². The first-order valence-electron chi connectivity index (χ1n) is 13.2. The third-order valence-electron chi connectivity index (χ3n) is 6.81. The van der Waals surface area contributed by atoms with E-state index in [0.717, 1.165) is 50.9 Å². The highest BCUT2D eigenvalue weighted by molar-refractivity contribution is 7.93. The average molecular weight is 588 g/mol. The average Bonchev–Trinajstić information content (AvgIpc) is 3.56. The lowest BCUT2D eigenvalue weighted by atomic mass is 10.0. The lowest BCUT2D eigenvalue weighted by Crippen LogP contribution is -2.30. The Kier molecular flexibility index (Phi) is 8.32. The molecule has 0 saturated carbocycles. The summed E-state index contributed by atoms with van der Waals surface area (Å²) in [5.41, 5.74) is 3.55. The van der Waals surface area contributed by atoms with Gasteiger partial charge in [0.15, 0.2) is 0 Å². The zero-order valence-corrected chi connectivity index (χ0v) is 24.3. The number of unbranched alkanes of at least 4 members (excludes halogenated alkanes) is 1. The second-order valence-corrected chi connectivity index (χ2v) is 12.3. The van der Waals surface area contributed by atoms with Crippen molar-refractivity contribution in [1.29, 1.82) is 0 Å². The van der Waals surface area contributed by atoms with Crippen molar-refractivity contribution < 1.29 is 22.7 Å². The molecule has 0 aliphatic heterocycles. The summed E-state index contributed by atoms with van der Waals surface area (Å²) in [5.74, 6) is 0.586. The Morgan fingerprint density at radius 2 is 1.73 bits per heavy atom. The fraction of sp³-hybridized carbons (Fsp3) is 0.194. The maximum atomic E-state index is 13.3. The number of hydrogen-bond donors (Lipinski definition) is 0. The number of carbonyl (C=O) groups excluding carboxylic acids is 2. The topological polar surface area (TPSA) is 98.6 Å². The number of anilines is 1. The van der Waals surface area contributed by atoms with Crippen molar-refractivity contribution in [2.75, 3.05) is 11.4 Å². The number of aromatic nitrogens is 2. The summed E-state index contributed by atoms with van der Waals surface area (Å²) in [7, 11) is -2.73. The van der Waals surface area contributed by atoms with E-state index in [9.17, 15) is 18.0 Å². The number of para-hydroxylation sites is 1. The van der Waals surface area contributed by atoms with Crippen LogP contribution in [-0.4, -0.2) is 37.5 Å². The SMILES string of the molecule is CCCCc1nc2sc(C(=O)OC)cc2n1Cc1ccc(-c2ccccc2N(C=O)S(=O)(=O)c2ccccc2)cc1. The van der Waals surface area contributed by atoms with Crippen LogP contribution in [0.4, 0.5) is 5.69 Å². The number of carbonyl (C=O) groups is 2. The molecule has 0 saturated heterocycles. The third-order valence-corrected chi connectivity index (χ3v) is 9.48. The van der Waals surface area contributed by atoms with Gasteiger partial charge < -0.3 is 9.30 Å². The Labute approximate surface area is 242 Å². The number of ether oxygens (including phenoxy) is 1. The minimum Gasteiger partial charge on any atom is -0.465 e. The molecule has 0 spiro atoms. The van der Waals surface area contributed by atoms with Crippen LogP contribution in [0.5, 0.6) is 0 Å². The van der Waals surface area contributed by atoms with Gasteiger partial charge >= 0.3 is 5.97 Å². The number of esters is 1. The molecule has 0 atom stereocenters. The molecule has 10 heteroatoms. The summed E-state index contributed by atoms with van der Waals surface area (Å²) >= 11 is 1.33. The van der Waals surface area contributed by atoms with E-state index < -0.39 is 10.0 Å². The van der Waals surface area contributed by atoms with Crippen molar-refractivity contribution in [2.45, 2.75) is 37.6 Å². The number of rotatable bonds is 11. The van der Waals surface area contributed by atoms with E-state index >= 15 is 0 Å². The van der Waals surface area contributed by atoms with E-state index in [0.29, 0.717) is 23.4 Å². The lowest BCUT2D eigenvalue weighted by molar-refractivity contribution is -0.106. The van der Waals surface area contributed by atoms with Crippen LogP contribution in [0.15, 0.2) is 89.8 Å². The highest BCUT2D eigenvalue weighted by atomic mass is 32.2. The molecule has 41 heavy (non-hydrogen) atoms. The number of sulfonamides is 1. The van der Waals surface area contributed by atoms with Crippen LogP contribution in [-0.2, 0) is 32.5 Å². The van der Waals surface area contributed by atoms with Gasteiger partial charge in [-0.05, 0) is 41.8 Å². The van der Waals surface area contributed by atoms with Crippen LogP contribution < -0.4 is 4.31 Å². The molecule has 0 aliphatic carbocycles. The maximum Gasteiger partial charge on any atom is 0.348 e.